The van der Waals surface area contributed by atoms with Gasteiger partial charge in [-0.05, 0) is 56.6 Å². The summed E-state index contributed by atoms with van der Waals surface area (Å²) < 4.78 is 0. The Morgan fingerprint density at radius 2 is 1.83 bits per heavy atom. The SMILES string of the molecule is CN1CCC(CN(C)c2ccc(CCl)cc2)CC1. The molecule has 0 amide bonds. The molecule has 18 heavy (non-hydrogen) atoms. The zero-order valence-corrected chi connectivity index (χ0v) is 12.2. The average Bonchev–Trinajstić information content (AvgIpc) is 2.41. The predicted octanol–water partition coefficient (Wildman–Crippen LogP) is 3.20. The van der Waals surface area contributed by atoms with Gasteiger partial charge in [0.1, 0.15) is 0 Å². The molecule has 0 spiro atoms. The first-order chi connectivity index (χ1) is 8.69. The molecule has 1 saturated heterocycles. The van der Waals surface area contributed by atoms with Gasteiger partial charge >= 0.3 is 0 Å². The van der Waals surface area contributed by atoms with Crippen molar-refractivity contribution in [3.05, 3.63) is 29.8 Å². The maximum Gasteiger partial charge on any atom is 0.0474 e. The highest BCUT2D eigenvalue weighted by Crippen LogP contribution is 2.21. The van der Waals surface area contributed by atoms with Crippen molar-refractivity contribution in [2.24, 2.45) is 5.92 Å². The first kappa shape index (κ1) is 13.7. The molecule has 1 aliphatic rings. The summed E-state index contributed by atoms with van der Waals surface area (Å²) in [5.74, 6) is 1.43. The molecule has 0 radical (unpaired) electrons. The van der Waals surface area contributed by atoms with Gasteiger partial charge in [0.25, 0.3) is 0 Å². The Morgan fingerprint density at radius 1 is 1.22 bits per heavy atom. The number of likely N-dealkylation sites (tertiary alicyclic amines) is 1. The van der Waals surface area contributed by atoms with E-state index in [-0.39, 0.29) is 0 Å². The molecule has 100 valence electrons. The van der Waals surface area contributed by atoms with Crippen LogP contribution in [0.4, 0.5) is 5.69 Å². The van der Waals surface area contributed by atoms with Gasteiger partial charge in [0.15, 0.2) is 0 Å². The van der Waals surface area contributed by atoms with E-state index in [2.05, 4.69) is 48.2 Å². The van der Waals surface area contributed by atoms with Gasteiger partial charge in [-0.2, -0.15) is 0 Å². The number of piperidine rings is 1. The van der Waals surface area contributed by atoms with E-state index in [9.17, 15) is 0 Å². The van der Waals surface area contributed by atoms with Gasteiger partial charge in [-0.25, -0.2) is 0 Å². The molecule has 1 aromatic carbocycles. The monoisotopic (exact) mass is 266 g/mol. The summed E-state index contributed by atoms with van der Waals surface area (Å²) in [6.45, 7) is 3.64. The van der Waals surface area contributed by atoms with E-state index in [1.54, 1.807) is 0 Å². The fourth-order valence-electron chi connectivity index (χ4n) is 2.58. The number of rotatable bonds is 4. The molecule has 2 nitrogen and oxygen atoms in total. The van der Waals surface area contributed by atoms with Crippen molar-refractivity contribution < 1.29 is 0 Å². The summed E-state index contributed by atoms with van der Waals surface area (Å²) in [4.78, 5) is 4.79. The van der Waals surface area contributed by atoms with Crippen molar-refractivity contribution in [3.8, 4) is 0 Å². The van der Waals surface area contributed by atoms with Crippen LogP contribution in [0.25, 0.3) is 0 Å². The third kappa shape index (κ3) is 3.63. The van der Waals surface area contributed by atoms with Gasteiger partial charge in [-0.3, -0.25) is 0 Å². The molecule has 0 aliphatic carbocycles. The summed E-state index contributed by atoms with van der Waals surface area (Å²) in [5.41, 5.74) is 2.48. The smallest absolute Gasteiger partial charge is 0.0474 e. The second-order valence-electron chi connectivity index (χ2n) is 5.43. The highest BCUT2D eigenvalue weighted by molar-refractivity contribution is 6.17. The molecule has 0 N–H and O–H groups in total. The van der Waals surface area contributed by atoms with Gasteiger partial charge in [0, 0.05) is 25.2 Å². The molecule has 2 rings (SSSR count). The molecule has 0 atom stereocenters. The Bertz CT molecular complexity index is 355. The van der Waals surface area contributed by atoms with Gasteiger partial charge in [0.2, 0.25) is 0 Å². The first-order valence-electron chi connectivity index (χ1n) is 6.73. The van der Waals surface area contributed by atoms with Crippen LogP contribution >= 0.6 is 11.6 Å². The minimum Gasteiger partial charge on any atom is -0.374 e. The topological polar surface area (TPSA) is 6.48 Å². The lowest BCUT2D eigenvalue weighted by Gasteiger charge is -2.32. The van der Waals surface area contributed by atoms with Crippen LogP contribution in [0, 0.1) is 5.92 Å². The number of hydrogen-bond acceptors (Lipinski definition) is 2. The third-order valence-electron chi connectivity index (χ3n) is 3.90. The van der Waals surface area contributed by atoms with E-state index in [4.69, 9.17) is 11.6 Å². The fourth-order valence-corrected chi connectivity index (χ4v) is 2.76. The number of halogens is 1. The number of hydrogen-bond donors (Lipinski definition) is 0. The zero-order valence-electron chi connectivity index (χ0n) is 11.4. The largest absolute Gasteiger partial charge is 0.374 e. The Balaban J connectivity index is 1.88. The molecule has 1 aliphatic heterocycles. The van der Waals surface area contributed by atoms with Crippen LogP contribution in [0.1, 0.15) is 18.4 Å². The van der Waals surface area contributed by atoms with E-state index in [1.807, 2.05) is 0 Å². The molecule has 1 aromatic rings. The second kappa shape index (κ2) is 6.44. The van der Waals surface area contributed by atoms with Crippen molar-refractivity contribution in [2.45, 2.75) is 18.7 Å². The molecule has 1 fully saturated rings. The van der Waals surface area contributed by atoms with Crippen molar-refractivity contribution in [2.75, 3.05) is 38.6 Å². The Labute approximate surface area is 116 Å². The van der Waals surface area contributed by atoms with E-state index in [0.717, 1.165) is 12.5 Å². The lowest BCUT2D eigenvalue weighted by molar-refractivity contribution is 0.222. The molecule has 0 unspecified atom stereocenters. The quantitative estimate of drug-likeness (QED) is 0.773. The van der Waals surface area contributed by atoms with Crippen LogP contribution in [-0.4, -0.2) is 38.6 Å². The molecular formula is C15H23ClN2. The molecule has 3 heteroatoms. The van der Waals surface area contributed by atoms with Crippen molar-refractivity contribution in [1.82, 2.24) is 4.90 Å². The Morgan fingerprint density at radius 3 is 2.39 bits per heavy atom. The van der Waals surface area contributed by atoms with Crippen LogP contribution in [0.5, 0.6) is 0 Å². The zero-order chi connectivity index (χ0) is 13.0. The summed E-state index contributed by atoms with van der Waals surface area (Å²) in [6.07, 6.45) is 2.64. The summed E-state index contributed by atoms with van der Waals surface area (Å²) in [6, 6.07) is 8.58. The predicted molar refractivity (Wildman–Crippen MR) is 79.5 cm³/mol. The van der Waals surface area contributed by atoms with Gasteiger partial charge in [0.05, 0.1) is 0 Å². The van der Waals surface area contributed by atoms with E-state index >= 15 is 0 Å². The van der Waals surface area contributed by atoms with E-state index < -0.39 is 0 Å². The second-order valence-corrected chi connectivity index (χ2v) is 5.69. The lowest BCUT2D eigenvalue weighted by atomic mass is 9.96. The van der Waals surface area contributed by atoms with Gasteiger partial charge in [-0.1, -0.05) is 12.1 Å². The molecule has 0 saturated carbocycles. The van der Waals surface area contributed by atoms with Crippen LogP contribution in [0.2, 0.25) is 0 Å². The summed E-state index contributed by atoms with van der Waals surface area (Å²) in [7, 11) is 4.40. The molecule has 1 heterocycles. The van der Waals surface area contributed by atoms with Crippen LogP contribution < -0.4 is 4.90 Å². The Hall–Kier alpha value is -0.730. The third-order valence-corrected chi connectivity index (χ3v) is 4.21. The van der Waals surface area contributed by atoms with Crippen LogP contribution in [0.3, 0.4) is 0 Å². The van der Waals surface area contributed by atoms with Crippen molar-refractivity contribution in [3.63, 3.8) is 0 Å². The summed E-state index contributed by atoms with van der Waals surface area (Å²) >= 11 is 5.81. The molecule has 0 aromatic heterocycles. The number of alkyl halides is 1. The normalized spacial score (nSPS) is 17.9. The van der Waals surface area contributed by atoms with Crippen molar-refractivity contribution >= 4 is 17.3 Å². The van der Waals surface area contributed by atoms with Crippen molar-refractivity contribution in [1.29, 1.82) is 0 Å². The highest BCUT2D eigenvalue weighted by atomic mass is 35.5. The number of nitrogens with zero attached hydrogens (tertiary/aromatic N) is 2. The van der Waals surface area contributed by atoms with Crippen LogP contribution in [-0.2, 0) is 5.88 Å². The lowest BCUT2D eigenvalue weighted by Crippen LogP contribution is -2.35. The molecular weight excluding hydrogens is 244 g/mol. The van der Waals surface area contributed by atoms with E-state index in [0.29, 0.717) is 5.88 Å². The highest BCUT2D eigenvalue weighted by Gasteiger charge is 2.18. The average molecular weight is 267 g/mol. The standard InChI is InChI=1S/C15H23ClN2/c1-17-9-7-14(8-10-17)12-18(2)15-5-3-13(11-16)4-6-15/h3-6,14H,7-12H2,1-2H3. The number of anilines is 1. The van der Waals surface area contributed by atoms with E-state index in [1.165, 1.54) is 37.2 Å². The molecule has 0 bridgehead atoms. The first-order valence-corrected chi connectivity index (χ1v) is 7.27. The minimum atomic E-state index is 0.596. The summed E-state index contributed by atoms with van der Waals surface area (Å²) in [5, 5.41) is 0. The maximum atomic E-state index is 5.81. The number of benzene rings is 1. The minimum absolute atomic E-state index is 0.596. The fraction of sp³-hybridized carbons (Fsp3) is 0.600. The van der Waals surface area contributed by atoms with Gasteiger partial charge in [-0.15, -0.1) is 11.6 Å². The maximum absolute atomic E-state index is 5.81. The van der Waals surface area contributed by atoms with Crippen LogP contribution in [0.15, 0.2) is 24.3 Å². The Kier molecular flexibility index (Phi) is 4.90. The van der Waals surface area contributed by atoms with Gasteiger partial charge < -0.3 is 9.80 Å².